The number of hydrogen-bond acceptors (Lipinski definition) is 3. The maximum atomic E-state index is 11.7. The summed E-state index contributed by atoms with van der Waals surface area (Å²) in [6.07, 6.45) is 1.91. The molecule has 0 saturated carbocycles. The van der Waals surface area contributed by atoms with Gasteiger partial charge in [0.2, 0.25) is 5.91 Å². The van der Waals surface area contributed by atoms with Crippen LogP contribution < -0.4 is 4.74 Å². The van der Waals surface area contributed by atoms with Crippen molar-refractivity contribution in [3.63, 3.8) is 0 Å². The van der Waals surface area contributed by atoms with Gasteiger partial charge in [0.1, 0.15) is 18.5 Å². The first-order chi connectivity index (χ1) is 9.19. The number of hydrogen-bond donors (Lipinski definition) is 0. The molecular formula is C14H18BrNO3. The van der Waals surface area contributed by atoms with Gasteiger partial charge in [-0.25, -0.2) is 0 Å². The molecule has 1 aromatic carbocycles. The molecule has 1 amide bonds. The van der Waals surface area contributed by atoms with Crippen molar-refractivity contribution in [1.29, 1.82) is 0 Å². The van der Waals surface area contributed by atoms with Crippen molar-refractivity contribution >= 4 is 21.8 Å². The van der Waals surface area contributed by atoms with Gasteiger partial charge in [0.25, 0.3) is 0 Å². The van der Waals surface area contributed by atoms with Crippen LogP contribution in [0.4, 0.5) is 0 Å². The molecular weight excluding hydrogens is 310 g/mol. The number of methoxy groups -OCH3 is 1. The number of benzene rings is 1. The van der Waals surface area contributed by atoms with E-state index in [0.717, 1.165) is 36.2 Å². The zero-order chi connectivity index (χ0) is 13.7. The van der Waals surface area contributed by atoms with Crippen LogP contribution in [0, 0.1) is 0 Å². The predicted molar refractivity (Wildman–Crippen MR) is 76.2 cm³/mol. The molecule has 0 bridgehead atoms. The predicted octanol–water partition coefficient (Wildman–Crippen LogP) is 2.47. The van der Waals surface area contributed by atoms with E-state index in [1.165, 1.54) is 0 Å². The van der Waals surface area contributed by atoms with Crippen molar-refractivity contribution < 1.29 is 14.3 Å². The summed E-state index contributed by atoms with van der Waals surface area (Å²) in [6, 6.07) is 7.84. The van der Waals surface area contributed by atoms with Gasteiger partial charge in [-0.3, -0.25) is 4.79 Å². The Balaban J connectivity index is 1.82. The minimum Gasteiger partial charge on any atom is -0.490 e. The molecule has 0 aliphatic carbocycles. The highest BCUT2D eigenvalue weighted by Crippen LogP contribution is 2.22. The van der Waals surface area contributed by atoms with Crippen LogP contribution in [0.5, 0.6) is 5.75 Å². The Labute approximate surface area is 121 Å². The van der Waals surface area contributed by atoms with Gasteiger partial charge >= 0.3 is 0 Å². The lowest BCUT2D eigenvalue weighted by molar-refractivity contribution is -0.136. The van der Waals surface area contributed by atoms with Crippen molar-refractivity contribution in [2.24, 2.45) is 0 Å². The quantitative estimate of drug-likeness (QED) is 0.852. The van der Waals surface area contributed by atoms with E-state index >= 15 is 0 Å². The fourth-order valence-corrected chi connectivity index (χ4v) is 2.55. The molecule has 5 heteroatoms. The molecule has 2 rings (SSSR count). The zero-order valence-electron chi connectivity index (χ0n) is 11.0. The Kier molecular flexibility index (Phi) is 5.22. The third-order valence-electron chi connectivity index (χ3n) is 3.16. The van der Waals surface area contributed by atoms with E-state index in [0.29, 0.717) is 0 Å². The maximum absolute atomic E-state index is 11.7. The second-order valence-electron chi connectivity index (χ2n) is 4.59. The van der Waals surface area contributed by atoms with E-state index in [-0.39, 0.29) is 18.6 Å². The first-order valence-corrected chi connectivity index (χ1v) is 7.17. The number of likely N-dealkylation sites (tertiary alicyclic amines) is 1. The van der Waals surface area contributed by atoms with Gasteiger partial charge < -0.3 is 14.4 Å². The van der Waals surface area contributed by atoms with Crippen LogP contribution in [-0.4, -0.2) is 43.7 Å². The summed E-state index contributed by atoms with van der Waals surface area (Å²) in [7, 11) is 1.54. The van der Waals surface area contributed by atoms with Crippen LogP contribution in [0.2, 0.25) is 0 Å². The Bertz CT molecular complexity index is 430. The minimum atomic E-state index is 0.0587. The molecule has 1 aromatic rings. The summed E-state index contributed by atoms with van der Waals surface area (Å²) in [5, 5.41) is 0. The van der Waals surface area contributed by atoms with E-state index in [2.05, 4.69) is 15.9 Å². The molecule has 1 aliphatic heterocycles. The Morgan fingerprint density at radius 3 is 2.79 bits per heavy atom. The summed E-state index contributed by atoms with van der Waals surface area (Å²) in [5.41, 5.74) is 0. The zero-order valence-corrected chi connectivity index (χ0v) is 12.6. The van der Waals surface area contributed by atoms with Crippen LogP contribution in [-0.2, 0) is 9.53 Å². The number of amides is 1. The molecule has 1 fully saturated rings. The van der Waals surface area contributed by atoms with E-state index in [1.807, 2.05) is 29.2 Å². The number of nitrogens with zero attached hydrogens (tertiary/aromatic N) is 1. The lowest BCUT2D eigenvalue weighted by atomic mass is 10.1. The molecule has 0 N–H and O–H groups in total. The molecule has 19 heavy (non-hydrogen) atoms. The van der Waals surface area contributed by atoms with Gasteiger partial charge in [-0.1, -0.05) is 22.0 Å². The van der Waals surface area contributed by atoms with Crippen LogP contribution in [0.3, 0.4) is 0 Å². The molecule has 0 radical (unpaired) electrons. The van der Waals surface area contributed by atoms with Crippen molar-refractivity contribution in [3.05, 3.63) is 28.7 Å². The molecule has 1 aliphatic rings. The number of rotatable bonds is 4. The lowest BCUT2D eigenvalue weighted by Crippen LogP contribution is -2.43. The second-order valence-corrected chi connectivity index (χ2v) is 5.50. The van der Waals surface area contributed by atoms with Gasteiger partial charge in [-0.05, 0) is 18.2 Å². The SMILES string of the molecule is COCC(=O)N1CCC(Oc2cccc(Br)c2)CC1. The van der Waals surface area contributed by atoms with Gasteiger partial charge in [0.15, 0.2) is 0 Å². The molecule has 0 unspecified atom stereocenters. The summed E-state index contributed by atoms with van der Waals surface area (Å²) >= 11 is 3.43. The number of carbonyl (C=O) groups is 1. The smallest absolute Gasteiger partial charge is 0.248 e. The minimum absolute atomic E-state index is 0.0587. The van der Waals surface area contributed by atoms with Crippen molar-refractivity contribution in [1.82, 2.24) is 4.90 Å². The van der Waals surface area contributed by atoms with Gasteiger partial charge in [-0.15, -0.1) is 0 Å². The summed E-state index contributed by atoms with van der Waals surface area (Å²) in [4.78, 5) is 13.5. The van der Waals surface area contributed by atoms with Crippen molar-refractivity contribution in [2.75, 3.05) is 26.8 Å². The first kappa shape index (κ1) is 14.3. The van der Waals surface area contributed by atoms with Gasteiger partial charge in [-0.2, -0.15) is 0 Å². The van der Waals surface area contributed by atoms with Crippen LogP contribution in [0.25, 0.3) is 0 Å². The fraction of sp³-hybridized carbons (Fsp3) is 0.500. The molecule has 4 nitrogen and oxygen atoms in total. The third kappa shape index (κ3) is 4.21. The number of ether oxygens (including phenoxy) is 2. The lowest BCUT2D eigenvalue weighted by Gasteiger charge is -2.32. The van der Waals surface area contributed by atoms with Crippen LogP contribution in [0.15, 0.2) is 28.7 Å². The molecule has 104 valence electrons. The standard InChI is InChI=1S/C14H18BrNO3/c1-18-10-14(17)16-7-5-12(6-8-16)19-13-4-2-3-11(15)9-13/h2-4,9,12H,5-8,10H2,1H3. The van der Waals surface area contributed by atoms with E-state index in [4.69, 9.17) is 9.47 Å². The van der Waals surface area contributed by atoms with E-state index in [9.17, 15) is 4.79 Å². The maximum Gasteiger partial charge on any atom is 0.248 e. The average Bonchev–Trinajstić information content (AvgIpc) is 2.40. The van der Waals surface area contributed by atoms with Crippen LogP contribution >= 0.6 is 15.9 Å². The van der Waals surface area contributed by atoms with Gasteiger partial charge in [0, 0.05) is 37.5 Å². The van der Waals surface area contributed by atoms with Crippen LogP contribution in [0.1, 0.15) is 12.8 Å². The monoisotopic (exact) mass is 327 g/mol. The molecule has 0 spiro atoms. The third-order valence-corrected chi connectivity index (χ3v) is 3.65. The van der Waals surface area contributed by atoms with Gasteiger partial charge in [0.05, 0.1) is 0 Å². The second kappa shape index (κ2) is 6.91. The first-order valence-electron chi connectivity index (χ1n) is 6.38. The highest BCUT2D eigenvalue weighted by atomic mass is 79.9. The normalized spacial score (nSPS) is 16.4. The Hall–Kier alpha value is -1.07. The number of carbonyl (C=O) groups excluding carboxylic acids is 1. The highest BCUT2D eigenvalue weighted by molar-refractivity contribution is 9.10. The fourth-order valence-electron chi connectivity index (χ4n) is 2.17. The van der Waals surface area contributed by atoms with E-state index in [1.54, 1.807) is 7.11 Å². The van der Waals surface area contributed by atoms with E-state index < -0.39 is 0 Å². The average molecular weight is 328 g/mol. The summed E-state index contributed by atoms with van der Waals surface area (Å²) < 4.78 is 11.8. The van der Waals surface area contributed by atoms with Crippen molar-refractivity contribution in [3.8, 4) is 5.75 Å². The highest BCUT2D eigenvalue weighted by Gasteiger charge is 2.23. The molecule has 0 atom stereocenters. The Morgan fingerprint density at radius 2 is 2.16 bits per heavy atom. The summed E-state index contributed by atoms with van der Waals surface area (Å²) in [5.74, 6) is 0.930. The topological polar surface area (TPSA) is 38.8 Å². The Morgan fingerprint density at radius 1 is 1.42 bits per heavy atom. The molecule has 1 saturated heterocycles. The number of piperidine rings is 1. The largest absolute Gasteiger partial charge is 0.490 e. The number of halogens is 1. The molecule has 0 aromatic heterocycles. The van der Waals surface area contributed by atoms with Crippen molar-refractivity contribution in [2.45, 2.75) is 18.9 Å². The molecule has 1 heterocycles. The summed E-state index contributed by atoms with van der Waals surface area (Å²) in [6.45, 7) is 1.64.